The van der Waals surface area contributed by atoms with E-state index in [4.69, 9.17) is 9.47 Å². The van der Waals surface area contributed by atoms with E-state index in [1.54, 1.807) is 13.8 Å². The summed E-state index contributed by atoms with van der Waals surface area (Å²) < 4.78 is 23.0. The molecule has 0 unspecified atom stereocenters. The molecule has 0 aliphatic carbocycles. The van der Waals surface area contributed by atoms with E-state index in [0.717, 1.165) is 4.09 Å². The van der Waals surface area contributed by atoms with Gasteiger partial charge in [-0.3, -0.25) is 0 Å². The van der Waals surface area contributed by atoms with Gasteiger partial charge in [-0.25, -0.2) is 4.79 Å². The summed E-state index contributed by atoms with van der Waals surface area (Å²) in [4.78, 5) is 11.5. The van der Waals surface area contributed by atoms with Crippen LogP contribution in [0.3, 0.4) is 0 Å². The lowest BCUT2D eigenvalue weighted by atomic mass is 10.3. The lowest BCUT2D eigenvalue weighted by Gasteiger charge is -2.01. The van der Waals surface area contributed by atoms with E-state index in [2.05, 4.69) is 5.10 Å². The Morgan fingerprint density at radius 2 is 2.33 bits per heavy atom. The number of halogens is 1. The van der Waals surface area contributed by atoms with Gasteiger partial charge in [-0.1, -0.05) is 0 Å². The zero-order chi connectivity index (χ0) is 11.4. The number of esters is 1. The second-order valence-corrected chi connectivity index (χ2v) is 3.13. The van der Waals surface area contributed by atoms with Crippen molar-refractivity contribution in [3.63, 3.8) is 0 Å². The maximum absolute atomic E-state index is 12.5. The van der Waals surface area contributed by atoms with E-state index in [9.17, 15) is 8.68 Å². The third kappa shape index (κ3) is 2.23. The summed E-state index contributed by atoms with van der Waals surface area (Å²) in [7, 11) is 1.40. The average Bonchev–Trinajstić information content (AvgIpc) is 2.55. The molecule has 1 aromatic rings. The first kappa shape index (κ1) is 11.8. The Bertz CT molecular complexity index is 367. The van der Waals surface area contributed by atoms with Gasteiger partial charge in [-0.2, -0.15) is 4.09 Å². The van der Waals surface area contributed by atoms with Crippen molar-refractivity contribution in [3.8, 4) is 5.88 Å². The highest BCUT2D eigenvalue weighted by atomic mass is 32.2. The van der Waals surface area contributed by atoms with Crippen molar-refractivity contribution in [3.05, 3.63) is 11.3 Å². The molecule has 0 bridgehead atoms. The molecule has 0 aromatic carbocycles. The Kier molecular flexibility index (Phi) is 3.96. The molecule has 0 fully saturated rings. The van der Waals surface area contributed by atoms with Gasteiger partial charge < -0.3 is 9.47 Å². The molecule has 0 N–H and O–H groups in total. The minimum absolute atomic E-state index is 0.0567. The third-order valence-electron chi connectivity index (χ3n) is 1.78. The van der Waals surface area contributed by atoms with Crippen molar-refractivity contribution >= 4 is 18.3 Å². The van der Waals surface area contributed by atoms with Crippen LogP contribution in [0.25, 0.3) is 0 Å². The van der Waals surface area contributed by atoms with Crippen LogP contribution < -0.4 is 4.74 Å². The molecule has 84 valence electrons. The predicted octanol–water partition coefficient (Wildman–Crippen LogP) is 1.76. The van der Waals surface area contributed by atoms with Crippen molar-refractivity contribution in [2.75, 3.05) is 13.7 Å². The van der Waals surface area contributed by atoms with Crippen molar-refractivity contribution < 1.29 is 18.2 Å². The summed E-state index contributed by atoms with van der Waals surface area (Å²) in [5.41, 5.74) is 0.516. The van der Waals surface area contributed by atoms with Gasteiger partial charge in [0.1, 0.15) is 0 Å². The number of hydrogen-bond donors (Lipinski definition) is 0. The topological polar surface area (TPSA) is 53.4 Å². The van der Waals surface area contributed by atoms with Gasteiger partial charge in [0.15, 0.2) is 18.0 Å². The number of nitrogens with zero attached hydrogens (tertiary/aromatic N) is 2. The van der Waals surface area contributed by atoms with Crippen molar-refractivity contribution in [2.45, 2.75) is 13.8 Å². The average molecular weight is 234 g/mol. The fourth-order valence-electron chi connectivity index (χ4n) is 1.13. The molecule has 0 aliphatic heterocycles. The largest absolute Gasteiger partial charge is 0.480 e. The minimum atomic E-state index is -0.615. The molecule has 0 saturated heterocycles. The van der Waals surface area contributed by atoms with Crippen LogP contribution in [0.5, 0.6) is 5.88 Å². The van der Waals surface area contributed by atoms with E-state index >= 15 is 0 Å². The normalized spacial score (nSPS) is 10.1. The second-order valence-electron chi connectivity index (χ2n) is 2.65. The Morgan fingerprint density at radius 3 is 2.80 bits per heavy atom. The monoisotopic (exact) mass is 234 g/mol. The van der Waals surface area contributed by atoms with E-state index < -0.39 is 5.97 Å². The maximum Gasteiger partial charge on any atom is 0.358 e. The summed E-state index contributed by atoms with van der Waals surface area (Å²) >= 11 is -0.175. The SMILES string of the molecule is CCOC(=O)c1c(C)c(OC)nn1SF. The number of carbonyl (C=O) groups is 1. The molecular formula is C8H11FN2O3S. The van der Waals surface area contributed by atoms with Crippen LogP contribution in [-0.2, 0) is 4.74 Å². The van der Waals surface area contributed by atoms with Gasteiger partial charge in [0, 0.05) is 5.56 Å². The van der Waals surface area contributed by atoms with Crippen LogP contribution in [0.2, 0.25) is 0 Å². The predicted molar refractivity (Wildman–Crippen MR) is 53.6 cm³/mol. The van der Waals surface area contributed by atoms with Gasteiger partial charge in [0.2, 0.25) is 5.88 Å². The van der Waals surface area contributed by atoms with Gasteiger partial charge in [-0.15, -0.1) is 8.98 Å². The molecule has 7 heteroatoms. The van der Waals surface area contributed by atoms with Crippen molar-refractivity contribution in [2.24, 2.45) is 0 Å². The highest BCUT2D eigenvalue weighted by molar-refractivity contribution is 7.92. The standard InChI is InChI=1S/C8H11FN2O3S/c1-4-14-8(12)6-5(2)7(13-3)10-11(6)15-9/h4H2,1-3H3. The summed E-state index contributed by atoms with van der Waals surface area (Å²) in [5.74, 6) is -0.404. The van der Waals surface area contributed by atoms with Crippen LogP contribution >= 0.6 is 12.3 Å². The summed E-state index contributed by atoms with van der Waals surface area (Å²) in [6, 6.07) is 0. The third-order valence-corrected chi connectivity index (χ3v) is 2.17. The smallest absolute Gasteiger partial charge is 0.358 e. The minimum Gasteiger partial charge on any atom is -0.480 e. The number of ether oxygens (including phenoxy) is 2. The molecule has 0 atom stereocenters. The van der Waals surface area contributed by atoms with Crippen LogP contribution in [0.15, 0.2) is 0 Å². The van der Waals surface area contributed by atoms with Crippen LogP contribution in [0.1, 0.15) is 23.0 Å². The molecule has 0 spiro atoms. The molecule has 0 saturated carbocycles. The highest BCUT2D eigenvalue weighted by Gasteiger charge is 2.23. The highest BCUT2D eigenvalue weighted by Crippen LogP contribution is 2.24. The lowest BCUT2D eigenvalue weighted by Crippen LogP contribution is -2.10. The summed E-state index contributed by atoms with van der Waals surface area (Å²) in [5, 5.41) is 3.73. The quantitative estimate of drug-likeness (QED) is 0.743. The van der Waals surface area contributed by atoms with Gasteiger partial charge in [0.05, 0.1) is 13.7 Å². The molecule has 0 radical (unpaired) electrons. The van der Waals surface area contributed by atoms with Crippen LogP contribution in [-0.4, -0.2) is 28.9 Å². The Balaban J connectivity index is 3.13. The molecule has 1 aromatic heterocycles. The van der Waals surface area contributed by atoms with Crippen LogP contribution in [0.4, 0.5) is 3.89 Å². The van der Waals surface area contributed by atoms with Crippen molar-refractivity contribution in [1.82, 2.24) is 9.19 Å². The van der Waals surface area contributed by atoms with E-state index in [1.165, 1.54) is 7.11 Å². The number of hydrogen-bond acceptors (Lipinski definition) is 5. The number of methoxy groups -OCH3 is 1. The fourth-order valence-corrected chi connectivity index (χ4v) is 1.51. The Hall–Kier alpha value is -1.24. The van der Waals surface area contributed by atoms with Gasteiger partial charge in [-0.05, 0) is 13.8 Å². The lowest BCUT2D eigenvalue weighted by molar-refractivity contribution is 0.0516. The van der Waals surface area contributed by atoms with Crippen molar-refractivity contribution in [1.29, 1.82) is 0 Å². The molecule has 15 heavy (non-hydrogen) atoms. The molecule has 0 amide bonds. The maximum atomic E-state index is 12.5. The van der Waals surface area contributed by atoms with Crippen LogP contribution in [0, 0.1) is 6.92 Å². The first-order chi connectivity index (χ1) is 7.15. The second kappa shape index (κ2) is 5.01. The van der Waals surface area contributed by atoms with Gasteiger partial charge in [0.25, 0.3) is 0 Å². The zero-order valence-electron chi connectivity index (χ0n) is 8.61. The molecule has 0 aliphatic rings. The Labute approximate surface area is 91.0 Å². The van der Waals surface area contributed by atoms with E-state index in [0.29, 0.717) is 5.56 Å². The molecular weight excluding hydrogens is 223 g/mol. The number of aromatic nitrogens is 2. The van der Waals surface area contributed by atoms with E-state index in [1.807, 2.05) is 0 Å². The first-order valence-electron chi connectivity index (χ1n) is 4.25. The van der Waals surface area contributed by atoms with E-state index in [-0.39, 0.29) is 30.5 Å². The molecule has 1 heterocycles. The number of carbonyl (C=O) groups excluding carboxylic acids is 1. The zero-order valence-corrected chi connectivity index (χ0v) is 9.43. The number of rotatable bonds is 4. The summed E-state index contributed by atoms with van der Waals surface area (Å²) in [6.45, 7) is 3.52. The Morgan fingerprint density at radius 1 is 1.67 bits per heavy atom. The fraction of sp³-hybridized carbons (Fsp3) is 0.500. The first-order valence-corrected chi connectivity index (χ1v) is 4.92. The van der Waals surface area contributed by atoms with Gasteiger partial charge >= 0.3 is 5.97 Å². The molecule has 1 rings (SSSR count). The molecule has 5 nitrogen and oxygen atoms in total. The summed E-state index contributed by atoms with van der Waals surface area (Å²) in [6.07, 6.45) is 0.